The van der Waals surface area contributed by atoms with Crippen LogP contribution >= 0.6 is 0 Å². The van der Waals surface area contributed by atoms with Crippen molar-refractivity contribution in [2.45, 2.75) is 12.5 Å². The third-order valence-corrected chi connectivity index (χ3v) is 4.06. The number of ether oxygens (including phenoxy) is 1. The molecule has 1 aliphatic heterocycles. The minimum Gasteiger partial charge on any atom is -0.493 e. The second-order valence-corrected chi connectivity index (χ2v) is 5.54. The topological polar surface area (TPSA) is 71.7 Å². The predicted molar refractivity (Wildman–Crippen MR) is 85.7 cm³/mol. The first-order valence-corrected chi connectivity index (χ1v) is 7.46. The normalized spacial score (nSPS) is 16.6. The molecule has 2 aromatic carbocycles. The smallest absolute Gasteiger partial charge is 0.405 e. The van der Waals surface area contributed by atoms with Crippen LogP contribution in [0.4, 0.5) is 4.79 Å². The first-order valence-electron chi connectivity index (χ1n) is 7.46. The number of carboxylic acid groups (broad SMARTS) is 1. The van der Waals surface area contributed by atoms with Crippen molar-refractivity contribution in [3.05, 3.63) is 54.1 Å². The standard InChI is InChI=1S/C18H15NO4/c20-18(21)19-14-7-8-22-17-10-12(5-6-13(14)17)16-9-11-3-1-2-4-15(11)23-16/h1-6,9-10,14,19H,7-8H2,(H,20,21). The van der Waals surface area contributed by atoms with Gasteiger partial charge in [-0.2, -0.15) is 0 Å². The minimum absolute atomic E-state index is 0.235. The molecule has 2 N–H and O–H groups in total. The predicted octanol–water partition coefficient (Wildman–Crippen LogP) is 4.19. The van der Waals surface area contributed by atoms with Gasteiger partial charge in [0.15, 0.2) is 0 Å². The number of amides is 1. The van der Waals surface area contributed by atoms with Crippen molar-refractivity contribution in [2.75, 3.05) is 6.61 Å². The Morgan fingerprint density at radius 1 is 1.17 bits per heavy atom. The van der Waals surface area contributed by atoms with Crippen LogP contribution in [0.5, 0.6) is 5.75 Å². The first kappa shape index (κ1) is 13.7. The van der Waals surface area contributed by atoms with E-state index < -0.39 is 6.09 Å². The van der Waals surface area contributed by atoms with Gasteiger partial charge in [0, 0.05) is 22.9 Å². The molecule has 1 unspecified atom stereocenters. The maximum atomic E-state index is 10.9. The van der Waals surface area contributed by atoms with Gasteiger partial charge in [-0.3, -0.25) is 0 Å². The summed E-state index contributed by atoms with van der Waals surface area (Å²) in [7, 11) is 0. The van der Waals surface area contributed by atoms with Crippen LogP contribution in [0.2, 0.25) is 0 Å². The van der Waals surface area contributed by atoms with E-state index in [4.69, 9.17) is 14.3 Å². The van der Waals surface area contributed by atoms with Crippen LogP contribution in [0.25, 0.3) is 22.3 Å². The fraction of sp³-hybridized carbons (Fsp3) is 0.167. The number of rotatable bonds is 2. The summed E-state index contributed by atoms with van der Waals surface area (Å²) < 4.78 is 11.6. The van der Waals surface area contributed by atoms with E-state index in [0.29, 0.717) is 18.8 Å². The second-order valence-electron chi connectivity index (χ2n) is 5.54. The van der Waals surface area contributed by atoms with Gasteiger partial charge < -0.3 is 19.6 Å². The van der Waals surface area contributed by atoms with Gasteiger partial charge in [-0.05, 0) is 18.2 Å². The van der Waals surface area contributed by atoms with Crippen LogP contribution in [0.1, 0.15) is 18.0 Å². The summed E-state index contributed by atoms with van der Waals surface area (Å²) in [5.41, 5.74) is 2.61. The Balaban J connectivity index is 1.72. The molecule has 0 saturated heterocycles. The molecule has 1 amide bonds. The largest absolute Gasteiger partial charge is 0.493 e. The molecular weight excluding hydrogens is 294 g/mol. The molecule has 1 atom stereocenters. The Labute approximate surface area is 132 Å². The number of furan rings is 1. The van der Waals surface area contributed by atoms with Crippen LogP contribution in [0.3, 0.4) is 0 Å². The summed E-state index contributed by atoms with van der Waals surface area (Å²) in [4.78, 5) is 10.9. The molecule has 0 fully saturated rings. The van der Waals surface area contributed by atoms with Crippen molar-refractivity contribution in [1.82, 2.24) is 5.32 Å². The maximum Gasteiger partial charge on any atom is 0.405 e. The number of fused-ring (bicyclic) bond motifs is 2. The summed E-state index contributed by atoms with van der Waals surface area (Å²) in [6.45, 7) is 0.488. The Morgan fingerprint density at radius 2 is 2.04 bits per heavy atom. The summed E-state index contributed by atoms with van der Waals surface area (Å²) in [6.07, 6.45) is -0.396. The monoisotopic (exact) mass is 309 g/mol. The van der Waals surface area contributed by atoms with E-state index in [0.717, 1.165) is 27.9 Å². The maximum absolute atomic E-state index is 10.9. The van der Waals surface area contributed by atoms with Gasteiger partial charge in [-0.15, -0.1) is 0 Å². The van der Waals surface area contributed by atoms with Gasteiger partial charge in [0.25, 0.3) is 0 Å². The average molecular weight is 309 g/mol. The highest BCUT2D eigenvalue weighted by molar-refractivity contribution is 5.83. The van der Waals surface area contributed by atoms with Gasteiger partial charge in [0.2, 0.25) is 0 Å². The van der Waals surface area contributed by atoms with E-state index in [2.05, 4.69) is 5.32 Å². The van der Waals surface area contributed by atoms with Gasteiger partial charge >= 0.3 is 6.09 Å². The van der Waals surface area contributed by atoms with Crippen LogP contribution < -0.4 is 10.1 Å². The van der Waals surface area contributed by atoms with Crippen molar-refractivity contribution in [3.8, 4) is 17.1 Å². The fourth-order valence-corrected chi connectivity index (χ4v) is 2.97. The molecular formula is C18H15NO4. The van der Waals surface area contributed by atoms with Crippen molar-refractivity contribution in [2.24, 2.45) is 0 Å². The van der Waals surface area contributed by atoms with E-state index >= 15 is 0 Å². The second kappa shape index (κ2) is 5.35. The van der Waals surface area contributed by atoms with E-state index in [-0.39, 0.29) is 6.04 Å². The molecule has 0 saturated carbocycles. The highest BCUT2D eigenvalue weighted by atomic mass is 16.5. The number of para-hydroxylation sites is 1. The van der Waals surface area contributed by atoms with Crippen molar-refractivity contribution >= 4 is 17.1 Å². The molecule has 2 heterocycles. The highest BCUT2D eigenvalue weighted by Gasteiger charge is 2.23. The van der Waals surface area contributed by atoms with E-state index in [1.165, 1.54) is 0 Å². The minimum atomic E-state index is -1.02. The van der Waals surface area contributed by atoms with Crippen molar-refractivity contribution < 1.29 is 19.1 Å². The van der Waals surface area contributed by atoms with Crippen LogP contribution in [0.15, 0.2) is 52.9 Å². The molecule has 3 aromatic rings. The lowest BCUT2D eigenvalue weighted by Gasteiger charge is -2.26. The zero-order valence-electron chi connectivity index (χ0n) is 12.3. The third-order valence-electron chi connectivity index (χ3n) is 4.06. The Morgan fingerprint density at radius 3 is 2.87 bits per heavy atom. The molecule has 0 aliphatic carbocycles. The number of nitrogens with one attached hydrogen (secondary N) is 1. The first-order chi connectivity index (χ1) is 11.2. The zero-order valence-corrected chi connectivity index (χ0v) is 12.3. The average Bonchev–Trinajstić information content (AvgIpc) is 2.98. The highest BCUT2D eigenvalue weighted by Crippen LogP contribution is 2.36. The molecule has 1 aliphatic rings. The molecule has 5 heteroatoms. The van der Waals surface area contributed by atoms with Crippen molar-refractivity contribution in [1.29, 1.82) is 0 Å². The third kappa shape index (κ3) is 2.50. The van der Waals surface area contributed by atoms with E-state index in [9.17, 15) is 4.79 Å². The Hall–Kier alpha value is -2.95. The van der Waals surface area contributed by atoms with Gasteiger partial charge in [-0.1, -0.05) is 30.3 Å². The number of carbonyl (C=O) groups is 1. The number of hydrogen-bond acceptors (Lipinski definition) is 3. The lowest BCUT2D eigenvalue weighted by atomic mass is 9.98. The summed E-state index contributed by atoms with van der Waals surface area (Å²) >= 11 is 0. The molecule has 1 aromatic heterocycles. The number of benzene rings is 2. The zero-order chi connectivity index (χ0) is 15.8. The van der Waals surface area contributed by atoms with Gasteiger partial charge in [0.1, 0.15) is 17.1 Å². The number of hydrogen-bond donors (Lipinski definition) is 2. The molecule has 23 heavy (non-hydrogen) atoms. The summed E-state index contributed by atoms with van der Waals surface area (Å²) in [5.74, 6) is 1.47. The molecule has 0 spiro atoms. The molecule has 4 rings (SSSR count). The fourth-order valence-electron chi connectivity index (χ4n) is 2.97. The van der Waals surface area contributed by atoms with E-state index in [1.54, 1.807) is 0 Å². The van der Waals surface area contributed by atoms with Gasteiger partial charge in [-0.25, -0.2) is 4.79 Å². The Kier molecular flexibility index (Phi) is 3.19. The molecule has 116 valence electrons. The van der Waals surface area contributed by atoms with Crippen LogP contribution in [-0.4, -0.2) is 17.8 Å². The Bertz CT molecular complexity index is 851. The van der Waals surface area contributed by atoms with Crippen molar-refractivity contribution in [3.63, 3.8) is 0 Å². The molecule has 5 nitrogen and oxygen atoms in total. The van der Waals surface area contributed by atoms with Gasteiger partial charge in [0.05, 0.1) is 12.6 Å². The quantitative estimate of drug-likeness (QED) is 0.744. The SMILES string of the molecule is O=C(O)NC1CCOc2cc(-c3cc4ccccc4o3)ccc21. The lowest BCUT2D eigenvalue weighted by Crippen LogP contribution is -2.30. The van der Waals surface area contributed by atoms with Crippen LogP contribution in [-0.2, 0) is 0 Å². The van der Waals surface area contributed by atoms with E-state index in [1.807, 2.05) is 48.5 Å². The summed E-state index contributed by atoms with van der Waals surface area (Å²) in [6, 6.07) is 15.3. The molecule has 0 bridgehead atoms. The summed E-state index contributed by atoms with van der Waals surface area (Å²) in [5, 5.41) is 12.5. The van der Waals surface area contributed by atoms with Crippen LogP contribution in [0, 0.1) is 0 Å². The molecule has 0 radical (unpaired) electrons. The lowest BCUT2D eigenvalue weighted by molar-refractivity contribution is 0.182.